The van der Waals surface area contributed by atoms with Gasteiger partial charge in [-0.05, 0) is 49.3 Å². The van der Waals surface area contributed by atoms with Crippen molar-refractivity contribution in [3.8, 4) is 0 Å². The van der Waals surface area contributed by atoms with E-state index in [2.05, 4.69) is 5.32 Å². The predicted molar refractivity (Wildman–Crippen MR) is 107 cm³/mol. The molecule has 1 saturated heterocycles. The summed E-state index contributed by atoms with van der Waals surface area (Å²) in [5.74, 6) is -0.666. The molecule has 1 amide bonds. The summed E-state index contributed by atoms with van der Waals surface area (Å²) in [4.78, 5) is 12.6. The summed E-state index contributed by atoms with van der Waals surface area (Å²) in [6, 6.07) is 3.57. The Morgan fingerprint density at radius 1 is 1.07 bits per heavy atom. The molecule has 156 valence electrons. The van der Waals surface area contributed by atoms with Gasteiger partial charge >= 0.3 is 0 Å². The number of hydrogen-bond donors (Lipinski definition) is 1. The van der Waals surface area contributed by atoms with Crippen LogP contribution in [0.2, 0.25) is 0 Å². The summed E-state index contributed by atoms with van der Waals surface area (Å²) in [5, 5.41) is 2.90. The van der Waals surface area contributed by atoms with Crippen molar-refractivity contribution >= 4 is 15.9 Å². The fourth-order valence-electron chi connectivity index (χ4n) is 4.48. The molecule has 1 aromatic rings. The van der Waals surface area contributed by atoms with Crippen LogP contribution in [-0.4, -0.2) is 37.8 Å². The van der Waals surface area contributed by atoms with E-state index in [0.29, 0.717) is 13.1 Å². The molecular weight excluding hydrogens is 379 g/mol. The molecule has 1 heterocycles. The lowest BCUT2D eigenvalue weighted by Crippen LogP contribution is -2.42. The van der Waals surface area contributed by atoms with Crippen molar-refractivity contribution < 1.29 is 17.6 Å². The van der Waals surface area contributed by atoms with E-state index in [4.69, 9.17) is 0 Å². The number of carbonyl (C=O) groups excluding carboxylic acids is 1. The molecule has 5 nitrogen and oxygen atoms in total. The highest BCUT2D eigenvalue weighted by Gasteiger charge is 2.32. The second kappa shape index (κ2) is 8.91. The van der Waals surface area contributed by atoms with Crippen molar-refractivity contribution in [2.75, 3.05) is 13.1 Å². The molecular formula is C21H31FN2O3S. The number of hydrogen-bond acceptors (Lipinski definition) is 3. The van der Waals surface area contributed by atoms with Gasteiger partial charge in [0, 0.05) is 19.1 Å². The Morgan fingerprint density at radius 3 is 2.29 bits per heavy atom. The van der Waals surface area contributed by atoms with Crippen LogP contribution in [0.5, 0.6) is 0 Å². The quantitative estimate of drug-likeness (QED) is 0.765. The Labute approximate surface area is 167 Å². The number of amides is 1. The Bertz CT molecular complexity index is 794. The van der Waals surface area contributed by atoms with Crippen molar-refractivity contribution in [1.82, 2.24) is 9.62 Å². The minimum atomic E-state index is -3.75. The number of piperidine rings is 1. The monoisotopic (exact) mass is 410 g/mol. The zero-order chi connectivity index (χ0) is 20.3. The molecule has 7 heteroatoms. The molecule has 0 radical (unpaired) electrons. The summed E-state index contributed by atoms with van der Waals surface area (Å²) < 4.78 is 41.9. The van der Waals surface area contributed by atoms with E-state index >= 15 is 0 Å². The minimum absolute atomic E-state index is 0.0128. The second-order valence-electron chi connectivity index (χ2n) is 8.57. The second-order valence-corrected chi connectivity index (χ2v) is 10.5. The van der Waals surface area contributed by atoms with Crippen LogP contribution in [0.25, 0.3) is 0 Å². The summed E-state index contributed by atoms with van der Waals surface area (Å²) in [6.45, 7) is 4.98. The van der Waals surface area contributed by atoms with Crippen LogP contribution in [0.15, 0.2) is 23.1 Å². The molecule has 1 aliphatic carbocycles. The van der Waals surface area contributed by atoms with Gasteiger partial charge in [0.15, 0.2) is 0 Å². The molecule has 2 atom stereocenters. The van der Waals surface area contributed by atoms with Crippen LogP contribution in [0.1, 0.15) is 69.2 Å². The van der Waals surface area contributed by atoms with Crippen LogP contribution < -0.4 is 5.32 Å². The molecule has 2 aliphatic rings. The van der Waals surface area contributed by atoms with E-state index < -0.39 is 21.7 Å². The number of benzene rings is 1. The first-order chi connectivity index (χ1) is 13.3. The molecule has 1 saturated carbocycles. The average Bonchev–Trinajstić information content (AvgIpc) is 2.89. The number of sulfonamides is 1. The van der Waals surface area contributed by atoms with Crippen LogP contribution in [0.3, 0.4) is 0 Å². The Morgan fingerprint density at radius 2 is 1.68 bits per heavy atom. The lowest BCUT2D eigenvalue weighted by Gasteiger charge is -2.34. The van der Waals surface area contributed by atoms with Gasteiger partial charge in [0.2, 0.25) is 10.0 Å². The van der Waals surface area contributed by atoms with Gasteiger partial charge in [-0.25, -0.2) is 12.8 Å². The smallest absolute Gasteiger partial charge is 0.254 e. The van der Waals surface area contributed by atoms with Gasteiger partial charge in [-0.3, -0.25) is 4.79 Å². The maximum atomic E-state index is 14.3. The van der Waals surface area contributed by atoms with Crippen LogP contribution in [-0.2, 0) is 10.0 Å². The van der Waals surface area contributed by atoms with Crippen LogP contribution in [0.4, 0.5) is 4.39 Å². The normalized spacial score (nSPS) is 25.2. The van der Waals surface area contributed by atoms with Gasteiger partial charge in [0.25, 0.3) is 5.91 Å². The zero-order valence-electron chi connectivity index (χ0n) is 16.8. The predicted octanol–water partition coefficient (Wildman–Crippen LogP) is 3.94. The van der Waals surface area contributed by atoms with E-state index in [1.165, 1.54) is 16.4 Å². The van der Waals surface area contributed by atoms with E-state index in [-0.39, 0.29) is 28.3 Å². The standard InChI is InChI=1S/C21H31FN2O3S/c1-15-11-16(2)14-24(13-15)28(26,27)18-9-10-20(22)19(12-18)21(25)23-17-7-5-3-4-6-8-17/h9-10,12,15-17H,3-8,11,13-14H2,1-2H3,(H,23,25)/t15-,16-/m0/s1. The molecule has 0 aromatic heterocycles. The van der Waals surface area contributed by atoms with E-state index in [1.807, 2.05) is 13.8 Å². The average molecular weight is 411 g/mol. The molecule has 2 fully saturated rings. The van der Waals surface area contributed by atoms with Crippen molar-refractivity contribution in [3.05, 3.63) is 29.6 Å². The van der Waals surface area contributed by atoms with Crippen LogP contribution in [0, 0.1) is 17.7 Å². The topological polar surface area (TPSA) is 66.5 Å². The number of carbonyl (C=O) groups is 1. The highest BCUT2D eigenvalue weighted by molar-refractivity contribution is 7.89. The molecule has 3 rings (SSSR count). The third kappa shape index (κ3) is 4.92. The highest BCUT2D eigenvalue weighted by Crippen LogP contribution is 2.27. The summed E-state index contributed by atoms with van der Waals surface area (Å²) in [6.07, 6.45) is 7.16. The van der Waals surface area contributed by atoms with E-state index in [1.54, 1.807) is 0 Å². The van der Waals surface area contributed by atoms with Gasteiger partial charge in [-0.15, -0.1) is 0 Å². The molecule has 0 unspecified atom stereocenters. The molecule has 0 bridgehead atoms. The fraction of sp³-hybridized carbons (Fsp3) is 0.667. The first-order valence-electron chi connectivity index (χ1n) is 10.4. The SMILES string of the molecule is C[C@H]1C[C@H](C)CN(S(=O)(=O)c2ccc(F)c(C(=O)NC3CCCCCC3)c2)C1. The Balaban J connectivity index is 1.81. The van der Waals surface area contributed by atoms with Crippen molar-refractivity contribution in [2.45, 2.75) is 69.7 Å². The molecule has 1 aliphatic heterocycles. The summed E-state index contributed by atoms with van der Waals surface area (Å²) >= 11 is 0. The third-order valence-electron chi connectivity index (χ3n) is 5.85. The van der Waals surface area contributed by atoms with Gasteiger partial charge in [0.05, 0.1) is 10.5 Å². The largest absolute Gasteiger partial charge is 0.349 e. The number of nitrogens with zero attached hydrogens (tertiary/aromatic N) is 1. The Kier molecular flexibility index (Phi) is 6.76. The number of halogens is 1. The fourth-order valence-corrected chi connectivity index (χ4v) is 6.18. The minimum Gasteiger partial charge on any atom is -0.349 e. The lowest BCUT2D eigenvalue weighted by atomic mass is 9.94. The molecule has 0 spiro atoms. The number of nitrogens with one attached hydrogen (secondary N) is 1. The van der Waals surface area contributed by atoms with Gasteiger partial charge in [-0.2, -0.15) is 4.31 Å². The zero-order valence-corrected chi connectivity index (χ0v) is 17.6. The van der Waals surface area contributed by atoms with Gasteiger partial charge < -0.3 is 5.32 Å². The van der Waals surface area contributed by atoms with Crippen LogP contribution >= 0.6 is 0 Å². The third-order valence-corrected chi connectivity index (χ3v) is 7.67. The Hall–Kier alpha value is -1.47. The first-order valence-corrected chi connectivity index (χ1v) is 11.8. The van der Waals surface area contributed by atoms with Gasteiger partial charge in [-0.1, -0.05) is 39.5 Å². The molecule has 28 heavy (non-hydrogen) atoms. The maximum absolute atomic E-state index is 14.3. The van der Waals surface area contributed by atoms with Crippen molar-refractivity contribution in [2.24, 2.45) is 11.8 Å². The van der Waals surface area contributed by atoms with Gasteiger partial charge in [0.1, 0.15) is 5.82 Å². The highest BCUT2D eigenvalue weighted by atomic mass is 32.2. The molecule has 1 aromatic carbocycles. The van der Waals surface area contributed by atoms with E-state index in [0.717, 1.165) is 51.0 Å². The first kappa shape index (κ1) is 21.2. The molecule has 1 N–H and O–H groups in total. The number of rotatable bonds is 4. The van der Waals surface area contributed by atoms with E-state index in [9.17, 15) is 17.6 Å². The maximum Gasteiger partial charge on any atom is 0.254 e. The summed E-state index contributed by atoms with van der Waals surface area (Å²) in [5.41, 5.74) is -0.191. The van der Waals surface area contributed by atoms with Crippen molar-refractivity contribution in [3.63, 3.8) is 0 Å². The van der Waals surface area contributed by atoms with Crippen molar-refractivity contribution in [1.29, 1.82) is 0 Å². The lowest BCUT2D eigenvalue weighted by molar-refractivity contribution is 0.0929. The summed E-state index contributed by atoms with van der Waals surface area (Å²) in [7, 11) is -3.75.